The van der Waals surface area contributed by atoms with E-state index in [2.05, 4.69) is 6.92 Å². The van der Waals surface area contributed by atoms with Crippen molar-refractivity contribution in [1.82, 2.24) is 4.90 Å². The van der Waals surface area contributed by atoms with Gasteiger partial charge in [-0.25, -0.2) is 0 Å². The van der Waals surface area contributed by atoms with E-state index in [-0.39, 0.29) is 5.91 Å². The molecule has 2 N–H and O–H groups in total. The van der Waals surface area contributed by atoms with Crippen molar-refractivity contribution < 1.29 is 4.79 Å². The summed E-state index contributed by atoms with van der Waals surface area (Å²) < 4.78 is 0. The van der Waals surface area contributed by atoms with Crippen LogP contribution in [-0.2, 0) is 4.79 Å². The fourth-order valence-electron chi connectivity index (χ4n) is 2.36. The molecule has 2 atom stereocenters. The molecule has 0 radical (unpaired) electrons. The molecule has 3 heteroatoms. The van der Waals surface area contributed by atoms with Crippen LogP contribution in [0.1, 0.15) is 39.0 Å². The summed E-state index contributed by atoms with van der Waals surface area (Å²) in [4.78, 5) is 13.5. The van der Waals surface area contributed by atoms with E-state index in [4.69, 9.17) is 5.73 Å². The Bertz CT molecular complexity index is 194. The lowest BCUT2D eigenvalue weighted by atomic mass is 9.85. The molecule has 14 heavy (non-hydrogen) atoms. The lowest BCUT2D eigenvalue weighted by molar-refractivity contribution is -0.133. The highest BCUT2D eigenvalue weighted by atomic mass is 16.2. The summed E-state index contributed by atoms with van der Waals surface area (Å²) in [7, 11) is 1.92. The van der Waals surface area contributed by atoms with Crippen LogP contribution in [0.2, 0.25) is 0 Å². The average Bonchev–Trinajstić information content (AvgIpc) is 2.18. The van der Waals surface area contributed by atoms with Crippen molar-refractivity contribution in [3.05, 3.63) is 0 Å². The summed E-state index contributed by atoms with van der Waals surface area (Å²) >= 11 is 0. The molecule has 0 bridgehead atoms. The first-order valence-corrected chi connectivity index (χ1v) is 5.62. The Morgan fingerprint density at radius 2 is 2.07 bits per heavy atom. The summed E-state index contributed by atoms with van der Waals surface area (Å²) in [6.45, 7) is 2.71. The van der Waals surface area contributed by atoms with E-state index in [1.807, 2.05) is 11.9 Å². The summed E-state index contributed by atoms with van der Waals surface area (Å²) in [6, 6.07) is 0.447. The molecule has 1 rings (SSSR count). The number of nitrogens with two attached hydrogens (primary N) is 1. The second-order valence-corrected chi connectivity index (χ2v) is 4.37. The van der Waals surface area contributed by atoms with E-state index < -0.39 is 0 Å². The fourth-order valence-corrected chi connectivity index (χ4v) is 2.36. The number of carbonyl (C=O) groups is 1. The van der Waals surface area contributed by atoms with Crippen LogP contribution in [0.3, 0.4) is 0 Å². The van der Waals surface area contributed by atoms with Gasteiger partial charge in [-0.2, -0.15) is 0 Å². The van der Waals surface area contributed by atoms with Gasteiger partial charge in [-0.05, 0) is 18.8 Å². The Hall–Kier alpha value is -0.570. The zero-order valence-electron chi connectivity index (χ0n) is 9.33. The van der Waals surface area contributed by atoms with E-state index in [1.54, 1.807) is 0 Å². The smallest absolute Gasteiger partial charge is 0.223 e. The summed E-state index contributed by atoms with van der Waals surface area (Å²) in [5.41, 5.74) is 5.38. The van der Waals surface area contributed by atoms with Gasteiger partial charge in [0.15, 0.2) is 0 Å². The van der Waals surface area contributed by atoms with Crippen molar-refractivity contribution >= 4 is 5.91 Å². The van der Waals surface area contributed by atoms with E-state index in [1.165, 1.54) is 19.3 Å². The molecule has 1 fully saturated rings. The molecule has 0 aromatic rings. The Morgan fingerprint density at radius 3 is 2.64 bits per heavy atom. The van der Waals surface area contributed by atoms with Gasteiger partial charge in [0.25, 0.3) is 0 Å². The van der Waals surface area contributed by atoms with Crippen molar-refractivity contribution in [3.8, 4) is 0 Å². The first-order valence-electron chi connectivity index (χ1n) is 5.62. The molecule has 0 aliphatic heterocycles. The predicted octanol–water partition coefficient (Wildman–Crippen LogP) is 1.37. The average molecular weight is 198 g/mol. The van der Waals surface area contributed by atoms with Crippen LogP contribution in [0.25, 0.3) is 0 Å². The maximum atomic E-state index is 11.6. The van der Waals surface area contributed by atoms with E-state index in [9.17, 15) is 4.79 Å². The van der Waals surface area contributed by atoms with Crippen LogP contribution >= 0.6 is 0 Å². The number of amides is 1. The van der Waals surface area contributed by atoms with E-state index >= 15 is 0 Å². The van der Waals surface area contributed by atoms with Crippen LogP contribution in [0.15, 0.2) is 0 Å². The molecule has 0 aromatic carbocycles. The molecule has 2 unspecified atom stereocenters. The third kappa shape index (κ3) is 2.71. The van der Waals surface area contributed by atoms with Crippen LogP contribution in [0.4, 0.5) is 0 Å². The molecule has 1 aliphatic rings. The minimum absolute atomic E-state index is 0.200. The largest absolute Gasteiger partial charge is 0.342 e. The number of hydrogen-bond donors (Lipinski definition) is 1. The quantitative estimate of drug-likeness (QED) is 0.744. The Labute approximate surface area is 86.6 Å². The highest BCUT2D eigenvalue weighted by molar-refractivity contribution is 5.76. The standard InChI is InChI=1S/C11H22N2O/c1-9-5-3-4-6-10(9)13(2)11(14)7-8-12/h9-10H,3-8,12H2,1-2H3. The Balaban J connectivity index is 2.48. The van der Waals surface area contributed by atoms with Gasteiger partial charge in [0.05, 0.1) is 0 Å². The molecule has 82 valence electrons. The van der Waals surface area contributed by atoms with Crippen molar-refractivity contribution in [2.24, 2.45) is 11.7 Å². The SMILES string of the molecule is CC1CCCCC1N(C)C(=O)CCN. The molecule has 0 saturated heterocycles. The molecular formula is C11H22N2O. The molecule has 0 spiro atoms. The Kier molecular flexibility index (Phi) is 4.39. The van der Waals surface area contributed by atoms with Crippen LogP contribution in [0.5, 0.6) is 0 Å². The maximum absolute atomic E-state index is 11.6. The summed E-state index contributed by atoms with van der Waals surface area (Å²) in [5, 5.41) is 0. The second kappa shape index (κ2) is 5.35. The van der Waals surface area contributed by atoms with Gasteiger partial charge < -0.3 is 10.6 Å². The monoisotopic (exact) mass is 198 g/mol. The Morgan fingerprint density at radius 1 is 1.43 bits per heavy atom. The van der Waals surface area contributed by atoms with Gasteiger partial charge in [-0.15, -0.1) is 0 Å². The normalized spacial score (nSPS) is 27.4. The van der Waals surface area contributed by atoms with Crippen molar-refractivity contribution in [3.63, 3.8) is 0 Å². The molecule has 1 amide bonds. The van der Waals surface area contributed by atoms with Crippen LogP contribution in [-0.4, -0.2) is 30.4 Å². The van der Waals surface area contributed by atoms with Crippen molar-refractivity contribution in [2.75, 3.05) is 13.6 Å². The topological polar surface area (TPSA) is 46.3 Å². The second-order valence-electron chi connectivity index (χ2n) is 4.37. The first kappa shape index (κ1) is 11.5. The number of hydrogen-bond acceptors (Lipinski definition) is 2. The van der Waals surface area contributed by atoms with Gasteiger partial charge in [0.2, 0.25) is 5.91 Å². The minimum Gasteiger partial charge on any atom is -0.342 e. The highest BCUT2D eigenvalue weighted by Gasteiger charge is 2.27. The van der Waals surface area contributed by atoms with Crippen molar-refractivity contribution in [1.29, 1.82) is 0 Å². The van der Waals surface area contributed by atoms with Crippen molar-refractivity contribution in [2.45, 2.75) is 45.1 Å². The lowest BCUT2D eigenvalue weighted by Gasteiger charge is -2.36. The maximum Gasteiger partial charge on any atom is 0.223 e. The summed E-state index contributed by atoms with van der Waals surface area (Å²) in [6.07, 6.45) is 5.48. The zero-order chi connectivity index (χ0) is 10.6. The van der Waals surface area contributed by atoms with E-state index in [0.717, 1.165) is 6.42 Å². The van der Waals surface area contributed by atoms with Gasteiger partial charge in [-0.3, -0.25) is 4.79 Å². The van der Waals surface area contributed by atoms with Crippen LogP contribution in [0, 0.1) is 5.92 Å². The molecule has 1 saturated carbocycles. The molecular weight excluding hydrogens is 176 g/mol. The number of rotatable bonds is 3. The molecule has 3 nitrogen and oxygen atoms in total. The molecule has 0 aromatic heterocycles. The fraction of sp³-hybridized carbons (Fsp3) is 0.909. The molecule has 1 aliphatic carbocycles. The zero-order valence-corrected chi connectivity index (χ0v) is 9.33. The predicted molar refractivity (Wildman–Crippen MR) is 57.9 cm³/mol. The van der Waals surface area contributed by atoms with Gasteiger partial charge in [0, 0.05) is 26.1 Å². The third-order valence-corrected chi connectivity index (χ3v) is 3.32. The van der Waals surface area contributed by atoms with E-state index in [0.29, 0.717) is 24.9 Å². The van der Waals surface area contributed by atoms with Gasteiger partial charge >= 0.3 is 0 Å². The van der Waals surface area contributed by atoms with Gasteiger partial charge in [0.1, 0.15) is 0 Å². The molecule has 0 heterocycles. The number of nitrogens with zero attached hydrogens (tertiary/aromatic N) is 1. The van der Waals surface area contributed by atoms with Gasteiger partial charge in [-0.1, -0.05) is 19.8 Å². The summed E-state index contributed by atoms with van der Waals surface area (Å²) in [5.74, 6) is 0.849. The van der Waals surface area contributed by atoms with Crippen LogP contribution < -0.4 is 5.73 Å². The third-order valence-electron chi connectivity index (χ3n) is 3.32. The minimum atomic E-state index is 0.200. The lowest BCUT2D eigenvalue weighted by Crippen LogP contribution is -2.43. The highest BCUT2D eigenvalue weighted by Crippen LogP contribution is 2.27. The number of carbonyl (C=O) groups excluding carboxylic acids is 1. The first-order chi connectivity index (χ1) is 6.66.